The average molecular weight is 335 g/mol. The molecule has 2 aromatic rings. The van der Waals surface area contributed by atoms with Crippen LogP contribution < -0.4 is 0 Å². The van der Waals surface area contributed by atoms with E-state index in [9.17, 15) is 18.3 Å². The largest absolute Gasteiger partial charge is 0.422 e. The molecule has 128 valence electrons. The standard InChI is InChI=1S/C19H20F3NO/c1-17(2,15-9-5-3-6-10-15)13-18(24,19(20,21)22)14-23-16-11-7-4-8-12-16/h3-12,14,24H,13H2,1-2H3. The van der Waals surface area contributed by atoms with Gasteiger partial charge in [0.15, 0.2) is 5.60 Å². The number of para-hydroxylation sites is 1. The number of rotatable bonds is 5. The van der Waals surface area contributed by atoms with Crippen LogP contribution in [-0.2, 0) is 5.41 Å². The highest BCUT2D eigenvalue weighted by Gasteiger charge is 2.55. The molecule has 0 aliphatic carbocycles. The fourth-order valence-electron chi connectivity index (χ4n) is 2.58. The summed E-state index contributed by atoms with van der Waals surface area (Å²) in [6, 6.07) is 17.1. The highest BCUT2D eigenvalue weighted by molar-refractivity contribution is 5.73. The minimum Gasteiger partial charge on any atom is -0.376 e. The lowest BCUT2D eigenvalue weighted by molar-refractivity contribution is -0.234. The Balaban J connectivity index is 2.33. The van der Waals surface area contributed by atoms with E-state index in [1.165, 1.54) is 0 Å². The van der Waals surface area contributed by atoms with Gasteiger partial charge < -0.3 is 5.11 Å². The number of halogens is 3. The van der Waals surface area contributed by atoms with Gasteiger partial charge in [0.25, 0.3) is 0 Å². The zero-order valence-corrected chi connectivity index (χ0v) is 13.6. The first kappa shape index (κ1) is 18.2. The van der Waals surface area contributed by atoms with Crippen molar-refractivity contribution in [1.82, 2.24) is 0 Å². The Morgan fingerprint density at radius 2 is 1.42 bits per heavy atom. The molecule has 0 heterocycles. The molecule has 5 heteroatoms. The van der Waals surface area contributed by atoms with E-state index in [2.05, 4.69) is 4.99 Å². The van der Waals surface area contributed by atoms with Crippen LogP contribution in [0.1, 0.15) is 25.8 Å². The Kier molecular flexibility index (Phi) is 5.13. The Bertz CT molecular complexity index is 681. The van der Waals surface area contributed by atoms with Gasteiger partial charge >= 0.3 is 6.18 Å². The van der Waals surface area contributed by atoms with Crippen molar-refractivity contribution in [3.05, 3.63) is 66.2 Å². The maximum Gasteiger partial charge on any atom is 0.422 e. The molecule has 2 rings (SSSR count). The number of hydrogen-bond acceptors (Lipinski definition) is 2. The quantitative estimate of drug-likeness (QED) is 0.762. The van der Waals surface area contributed by atoms with Gasteiger partial charge in [-0.3, -0.25) is 4.99 Å². The molecule has 24 heavy (non-hydrogen) atoms. The molecule has 1 atom stereocenters. The van der Waals surface area contributed by atoms with E-state index in [0.29, 0.717) is 11.9 Å². The molecule has 0 amide bonds. The van der Waals surface area contributed by atoms with Crippen molar-refractivity contribution in [3.63, 3.8) is 0 Å². The summed E-state index contributed by atoms with van der Waals surface area (Å²) in [5.74, 6) is 0. The van der Waals surface area contributed by atoms with Crippen LogP contribution in [-0.4, -0.2) is 23.1 Å². The first-order valence-corrected chi connectivity index (χ1v) is 7.59. The zero-order valence-electron chi connectivity index (χ0n) is 13.6. The minimum atomic E-state index is -4.82. The molecule has 2 aromatic carbocycles. The van der Waals surface area contributed by atoms with E-state index < -0.39 is 23.6 Å². The number of benzene rings is 2. The van der Waals surface area contributed by atoms with Gasteiger partial charge in [0.2, 0.25) is 0 Å². The number of aliphatic imine (C=N–C) groups is 1. The molecule has 0 saturated heterocycles. The van der Waals surface area contributed by atoms with Crippen LogP contribution in [0.25, 0.3) is 0 Å². The smallest absolute Gasteiger partial charge is 0.376 e. The van der Waals surface area contributed by atoms with Crippen molar-refractivity contribution in [1.29, 1.82) is 0 Å². The summed E-state index contributed by atoms with van der Waals surface area (Å²) >= 11 is 0. The summed E-state index contributed by atoms with van der Waals surface area (Å²) in [5, 5.41) is 10.3. The molecule has 0 bridgehead atoms. The molecule has 0 fully saturated rings. The molecule has 0 aliphatic rings. The monoisotopic (exact) mass is 335 g/mol. The molecule has 1 unspecified atom stereocenters. The summed E-state index contributed by atoms with van der Waals surface area (Å²) in [6.07, 6.45) is -4.74. The van der Waals surface area contributed by atoms with Crippen molar-refractivity contribution < 1.29 is 18.3 Å². The molecule has 0 spiro atoms. The predicted molar refractivity (Wildman–Crippen MR) is 89.7 cm³/mol. The Morgan fingerprint density at radius 1 is 0.917 bits per heavy atom. The van der Waals surface area contributed by atoms with Crippen LogP contribution in [0.4, 0.5) is 18.9 Å². The van der Waals surface area contributed by atoms with Crippen LogP contribution in [0.15, 0.2) is 65.7 Å². The molecule has 0 radical (unpaired) electrons. The number of nitrogens with zero attached hydrogens (tertiary/aromatic N) is 1. The Hall–Kier alpha value is -2.14. The lowest BCUT2D eigenvalue weighted by Gasteiger charge is -2.35. The van der Waals surface area contributed by atoms with Gasteiger partial charge in [0.05, 0.1) is 5.69 Å². The average Bonchev–Trinajstić information content (AvgIpc) is 2.53. The lowest BCUT2D eigenvalue weighted by Crippen LogP contribution is -2.50. The van der Waals surface area contributed by atoms with Gasteiger partial charge in [-0.2, -0.15) is 13.2 Å². The third kappa shape index (κ3) is 4.23. The first-order chi connectivity index (χ1) is 11.1. The van der Waals surface area contributed by atoms with Crippen molar-refractivity contribution >= 4 is 11.9 Å². The molecule has 0 aliphatic heterocycles. The van der Waals surface area contributed by atoms with Gasteiger partial charge in [-0.05, 0) is 29.5 Å². The maximum atomic E-state index is 13.5. The minimum absolute atomic E-state index is 0.359. The highest BCUT2D eigenvalue weighted by Crippen LogP contribution is 2.40. The second-order valence-electron chi connectivity index (χ2n) is 6.44. The van der Waals surface area contributed by atoms with Crippen LogP contribution in [0.5, 0.6) is 0 Å². The Labute approximate surface area is 139 Å². The van der Waals surface area contributed by atoms with Crippen molar-refractivity contribution in [3.8, 4) is 0 Å². The van der Waals surface area contributed by atoms with Gasteiger partial charge in [-0.15, -0.1) is 0 Å². The van der Waals surface area contributed by atoms with E-state index in [0.717, 1.165) is 5.56 Å². The second-order valence-corrected chi connectivity index (χ2v) is 6.44. The maximum absolute atomic E-state index is 13.5. The van der Waals surface area contributed by atoms with Gasteiger partial charge in [-0.25, -0.2) is 0 Å². The summed E-state index contributed by atoms with van der Waals surface area (Å²) in [7, 11) is 0. The van der Waals surface area contributed by atoms with Gasteiger partial charge in [-0.1, -0.05) is 62.4 Å². The van der Waals surface area contributed by atoms with E-state index >= 15 is 0 Å². The van der Waals surface area contributed by atoms with E-state index in [1.54, 1.807) is 74.5 Å². The molecule has 0 saturated carbocycles. The van der Waals surface area contributed by atoms with Crippen LogP contribution in [0.2, 0.25) is 0 Å². The lowest BCUT2D eigenvalue weighted by atomic mass is 9.75. The SMILES string of the molecule is CC(C)(CC(O)(C=Nc1ccccc1)C(F)(F)F)c1ccccc1. The van der Waals surface area contributed by atoms with Gasteiger partial charge in [0, 0.05) is 6.21 Å². The van der Waals surface area contributed by atoms with Crippen molar-refractivity contribution in [2.75, 3.05) is 0 Å². The Morgan fingerprint density at radius 3 is 1.92 bits per heavy atom. The molecule has 1 N–H and O–H groups in total. The fourth-order valence-corrected chi connectivity index (χ4v) is 2.58. The molecular formula is C19H20F3NO. The van der Waals surface area contributed by atoms with Crippen LogP contribution in [0, 0.1) is 0 Å². The first-order valence-electron chi connectivity index (χ1n) is 7.59. The van der Waals surface area contributed by atoms with E-state index in [-0.39, 0.29) is 0 Å². The van der Waals surface area contributed by atoms with Crippen molar-refractivity contribution in [2.24, 2.45) is 4.99 Å². The number of hydrogen-bond donors (Lipinski definition) is 1. The fraction of sp³-hybridized carbons (Fsp3) is 0.316. The molecule has 2 nitrogen and oxygen atoms in total. The summed E-state index contributed by atoms with van der Waals surface area (Å²) in [6.45, 7) is 3.35. The van der Waals surface area contributed by atoms with E-state index in [4.69, 9.17) is 0 Å². The van der Waals surface area contributed by atoms with Crippen molar-refractivity contribution in [2.45, 2.75) is 37.5 Å². The topological polar surface area (TPSA) is 32.6 Å². The van der Waals surface area contributed by atoms with Crippen LogP contribution >= 0.6 is 0 Å². The molecule has 0 aromatic heterocycles. The summed E-state index contributed by atoms with van der Waals surface area (Å²) in [5.41, 5.74) is -2.81. The summed E-state index contributed by atoms with van der Waals surface area (Å²) in [4.78, 5) is 3.83. The van der Waals surface area contributed by atoms with E-state index in [1.807, 2.05) is 0 Å². The van der Waals surface area contributed by atoms with Gasteiger partial charge in [0.1, 0.15) is 0 Å². The summed E-state index contributed by atoms with van der Waals surface area (Å²) < 4.78 is 40.5. The predicted octanol–water partition coefficient (Wildman–Crippen LogP) is 5.05. The normalized spacial score (nSPS) is 15.4. The number of aliphatic hydroxyl groups is 1. The number of alkyl halides is 3. The zero-order chi connectivity index (χ0) is 17.8. The third-order valence-electron chi connectivity index (χ3n) is 3.94. The second kappa shape index (κ2) is 6.77. The van der Waals surface area contributed by atoms with Crippen LogP contribution in [0.3, 0.4) is 0 Å². The highest BCUT2D eigenvalue weighted by atomic mass is 19.4. The molecular weight excluding hydrogens is 315 g/mol. The third-order valence-corrected chi connectivity index (χ3v) is 3.94.